The molecule has 2 rings (SSSR count). The van der Waals surface area contributed by atoms with Gasteiger partial charge in [0.15, 0.2) is 0 Å². The molecule has 2 nitrogen and oxygen atoms in total. The van der Waals surface area contributed by atoms with E-state index in [4.69, 9.17) is 0 Å². The van der Waals surface area contributed by atoms with E-state index in [-0.39, 0.29) is 0 Å². The molecule has 19 heavy (non-hydrogen) atoms. The molecule has 3 heteroatoms. The van der Waals surface area contributed by atoms with Crippen molar-refractivity contribution in [2.45, 2.75) is 64.2 Å². The van der Waals surface area contributed by atoms with Gasteiger partial charge in [-0.1, -0.05) is 25.5 Å². The van der Waals surface area contributed by atoms with Crippen LogP contribution in [0.5, 0.6) is 0 Å². The molecule has 0 aromatic rings. The standard InChI is InChI=1S/C16H32N2Si/c1-3-14-19(2)15-16(17-10-6-4-7-11-17)18-12-8-5-9-13-18/h3,14,16,19H,4-13,15H2,1-2H3. The predicted octanol–water partition coefficient (Wildman–Crippen LogP) is 3.26. The molecule has 2 aliphatic rings. The second-order valence-electron chi connectivity index (χ2n) is 6.41. The maximum Gasteiger partial charge on any atom is 0.0609 e. The van der Waals surface area contributed by atoms with Crippen LogP contribution in [0.15, 0.2) is 11.8 Å². The lowest BCUT2D eigenvalue weighted by Gasteiger charge is -2.44. The highest BCUT2D eigenvalue weighted by Crippen LogP contribution is 2.22. The van der Waals surface area contributed by atoms with Crippen LogP contribution >= 0.6 is 0 Å². The second kappa shape index (κ2) is 8.23. The minimum Gasteiger partial charge on any atom is -0.288 e. The third kappa shape index (κ3) is 4.73. The lowest BCUT2D eigenvalue weighted by Crippen LogP contribution is -2.52. The first-order valence-corrected chi connectivity index (χ1v) is 11.1. The summed E-state index contributed by atoms with van der Waals surface area (Å²) >= 11 is 0. The Balaban J connectivity index is 1.97. The summed E-state index contributed by atoms with van der Waals surface area (Å²) < 4.78 is 0. The molecule has 0 radical (unpaired) electrons. The molecule has 0 N–H and O–H groups in total. The van der Waals surface area contributed by atoms with Crippen LogP contribution in [0.1, 0.15) is 45.4 Å². The van der Waals surface area contributed by atoms with Crippen LogP contribution < -0.4 is 0 Å². The normalized spacial score (nSPS) is 25.2. The van der Waals surface area contributed by atoms with Crippen LogP contribution in [0.3, 0.4) is 0 Å². The van der Waals surface area contributed by atoms with Crippen LogP contribution in [-0.4, -0.2) is 50.9 Å². The molecule has 2 aliphatic heterocycles. The zero-order valence-electron chi connectivity index (χ0n) is 13.0. The van der Waals surface area contributed by atoms with Crippen LogP contribution in [0.4, 0.5) is 0 Å². The Kier molecular flexibility index (Phi) is 6.61. The Morgan fingerprint density at radius 3 is 1.79 bits per heavy atom. The van der Waals surface area contributed by atoms with Crippen molar-refractivity contribution in [3.8, 4) is 0 Å². The van der Waals surface area contributed by atoms with E-state index in [9.17, 15) is 0 Å². The van der Waals surface area contributed by atoms with Gasteiger partial charge in [0.25, 0.3) is 0 Å². The molecule has 2 heterocycles. The highest BCUT2D eigenvalue weighted by Gasteiger charge is 2.28. The number of nitrogens with zero attached hydrogens (tertiary/aromatic N) is 2. The van der Waals surface area contributed by atoms with Crippen molar-refractivity contribution in [3.05, 3.63) is 11.8 Å². The first-order chi connectivity index (χ1) is 9.31. The van der Waals surface area contributed by atoms with E-state index in [2.05, 4.69) is 35.0 Å². The maximum atomic E-state index is 2.81. The van der Waals surface area contributed by atoms with Gasteiger partial charge in [-0.05, 0) is 64.8 Å². The SMILES string of the molecule is CC=C[SiH](C)CC(N1CCCCC1)N1CCCCC1. The fourth-order valence-electron chi connectivity index (χ4n) is 3.70. The topological polar surface area (TPSA) is 6.48 Å². The summed E-state index contributed by atoms with van der Waals surface area (Å²) in [5.74, 6) is 0. The monoisotopic (exact) mass is 280 g/mol. The summed E-state index contributed by atoms with van der Waals surface area (Å²) in [5.41, 5.74) is 2.51. The fraction of sp³-hybridized carbons (Fsp3) is 0.875. The van der Waals surface area contributed by atoms with Crippen molar-refractivity contribution in [2.75, 3.05) is 26.2 Å². The molecular formula is C16H32N2Si. The number of likely N-dealkylation sites (tertiary alicyclic amines) is 2. The van der Waals surface area contributed by atoms with Crippen LogP contribution in [0, 0.1) is 0 Å². The van der Waals surface area contributed by atoms with Gasteiger partial charge in [-0.2, -0.15) is 0 Å². The molecule has 2 saturated heterocycles. The van der Waals surface area contributed by atoms with E-state index in [1.807, 2.05) is 0 Å². The summed E-state index contributed by atoms with van der Waals surface area (Å²) in [6.45, 7) is 10.1. The van der Waals surface area contributed by atoms with Gasteiger partial charge in [0.2, 0.25) is 0 Å². The average molecular weight is 281 g/mol. The summed E-state index contributed by atoms with van der Waals surface area (Å²) in [6.07, 6.45) is 11.6. The van der Waals surface area contributed by atoms with Gasteiger partial charge in [0.1, 0.15) is 0 Å². The second-order valence-corrected chi connectivity index (χ2v) is 9.22. The first-order valence-electron chi connectivity index (χ1n) is 8.42. The van der Waals surface area contributed by atoms with Crippen LogP contribution in [-0.2, 0) is 0 Å². The van der Waals surface area contributed by atoms with E-state index in [0.29, 0.717) is 0 Å². The number of hydrogen-bond acceptors (Lipinski definition) is 2. The fourth-order valence-corrected chi connectivity index (χ4v) is 5.78. The molecule has 1 unspecified atom stereocenters. The molecule has 0 bridgehead atoms. The Hall–Kier alpha value is -0.123. The van der Waals surface area contributed by atoms with Crippen molar-refractivity contribution < 1.29 is 0 Å². The molecule has 0 spiro atoms. The third-order valence-corrected chi connectivity index (χ3v) is 6.94. The van der Waals surface area contributed by atoms with Gasteiger partial charge in [-0.3, -0.25) is 9.80 Å². The van der Waals surface area contributed by atoms with Crippen molar-refractivity contribution in [2.24, 2.45) is 0 Å². The molecule has 110 valence electrons. The minimum atomic E-state index is -0.666. The highest BCUT2D eigenvalue weighted by atomic mass is 28.3. The van der Waals surface area contributed by atoms with Crippen molar-refractivity contribution in [3.63, 3.8) is 0 Å². The number of piperidine rings is 2. The quantitative estimate of drug-likeness (QED) is 0.713. The van der Waals surface area contributed by atoms with Gasteiger partial charge < -0.3 is 0 Å². The minimum absolute atomic E-state index is 0.666. The Morgan fingerprint density at radius 2 is 1.37 bits per heavy atom. The summed E-state index contributed by atoms with van der Waals surface area (Å²) in [4.78, 5) is 5.61. The average Bonchev–Trinajstić information content (AvgIpc) is 2.47. The van der Waals surface area contributed by atoms with E-state index < -0.39 is 8.80 Å². The molecule has 0 aliphatic carbocycles. The molecular weight excluding hydrogens is 248 g/mol. The van der Waals surface area contributed by atoms with Crippen molar-refractivity contribution in [1.82, 2.24) is 9.80 Å². The summed E-state index contributed by atoms with van der Waals surface area (Å²) in [6, 6.07) is 1.45. The molecule has 0 aromatic heterocycles. The Bertz CT molecular complexity index is 250. The molecule has 1 atom stereocenters. The Morgan fingerprint density at radius 1 is 0.895 bits per heavy atom. The number of rotatable bonds is 5. The molecule has 2 fully saturated rings. The molecule has 0 aromatic carbocycles. The Labute approximate surface area is 121 Å². The highest BCUT2D eigenvalue weighted by molar-refractivity contribution is 6.62. The lowest BCUT2D eigenvalue weighted by atomic mass is 10.1. The number of allylic oxidation sites excluding steroid dienone is 1. The van der Waals surface area contributed by atoms with E-state index in [1.165, 1.54) is 70.7 Å². The maximum absolute atomic E-state index is 2.81. The van der Waals surface area contributed by atoms with Gasteiger partial charge in [-0.25, -0.2) is 0 Å². The zero-order chi connectivity index (χ0) is 13.5. The van der Waals surface area contributed by atoms with E-state index in [1.54, 1.807) is 0 Å². The van der Waals surface area contributed by atoms with Gasteiger partial charge in [0, 0.05) is 0 Å². The van der Waals surface area contributed by atoms with Crippen LogP contribution in [0.25, 0.3) is 0 Å². The van der Waals surface area contributed by atoms with Gasteiger partial charge >= 0.3 is 0 Å². The van der Waals surface area contributed by atoms with Crippen molar-refractivity contribution >= 4 is 8.80 Å². The molecule has 0 amide bonds. The van der Waals surface area contributed by atoms with E-state index in [0.717, 1.165) is 6.17 Å². The summed E-state index contributed by atoms with van der Waals surface area (Å²) in [5, 5.41) is 0. The third-order valence-electron chi connectivity index (χ3n) is 4.73. The molecule has 0 saturated carbocycles. The number of hydrogen-bond donors (Lipinski definition) is 0. The largest absolute Gasteiger partial charge is 0.288 e. The van der Waals surface area contributed by atoms with Gasteiger partial charge in [0.05, 0.1) is 15.0 Å². The van der Waals surface area contributed by atoms with Crippen LogP contribution in [0.2, 0.25) is 12.6 Å². The lowest BCUT2D eigenvalue weighted by molar-refractivity contribution is 0.0290. The van der Waals surface area contributed by atoms with Gasteiger partial charge in [-0.15, -0.1) is 5.70 Å². The van der Waals surface area contributed by atoms with Crippen molar-refractivity contribution in [1.29, 1.82) is 0 Å². The first kappa shape index (κ1) is 15.3. The smallest absolute Gasteiger partial charge is 0.0609 e. The zero-order valence-corrected chi connectivity index (χ0v) is 14.1. The van der Waals surface area contributed by atoms with E-state index >= 15 is 0 Å². The predicted molar refractivity (Wildman–Crippen MR) is 87.3 cm³/mol. The summed E-state index contributed by atoms with van der Waals surface area (Å²) in [7, 11) is -0.666.